The molecule has 0 aromatic carbocycles. The van der Waals surface area contributed by atoms with E-state index < -0.39 is 0 Å². The largest absolute Gasteiger partial charge is 0.382 e. The van der Waals surface area contributed by atoms with Crippen LogP contribution < -0.4 is 11.3 Å². The van der Waals surface area contributed by atoms with Crippen molar-refractivity contribution >= 4 is 16.5 Å². The fourth-order valence-electron chi connectivity index (χ4n) is 1.20. The van der Waals surface area contributed by atoms with E-state index in [0.717, 1.165) is 4.88 Å². The molecule has 110 valence electrons. The van der Waals surface area contributed by atoms with E-state index in [9.17, 15) is 0 Å². The van der Waals surface area contributed by atoms with Gasteiger partial charge in [-0.25, -0.2) is 10.8 Å². The number of hydrogen-bond acceptors (Lipinski definition) is 8. The van der Waals surface area contributed by atoms with Crippen molar-refractivity contribution < 1.29 is 18.9 Å². The summed E-state index contributed by atoms with van der Waals surface area (Å²) in [5, 5.41) is 0.683. The molecule has 1 aromatic rings. The van der Waals surface area contributed by atoms with E-state index in [1.807, 2.05) is 0 Å². The zero-order valence-electron chi connectivity index (χ0n) is 11.1. The first-order valence-corrected chi connectivity index (χ1v) is 6.82. The maximum atomic E-state index is 5.44. The fourth-order valence-corrected chi connectivity index (χ4v) is 1.86. The number of nitrogens with one attached hydrogen (secondary N) is 1. The standard InChI is InChI=1S/C11H21N3O4S/c1-15-2-3-16-4-5-17-6-7-18-9-10-8-13-11(14-12)19-10/h8H,2-7,9,12H2,1H3,(H,13,14). The van der Waals surface area contributed by atoms with Crippen LogP contribution >= 0.6 is 11.3 Å². The Balaban J connectivity index is 1.86. The van der Waals surface area contributed by atoms with Gasteiger partial charge in [-0.15, -0.1) is 0 Å². The molecule has 0 aliphatic rings. The normalized spacial score (nSPS) is 10.8. The quantitative estimate of drug-likeness (QED) is 0.332. The lowest BCUT2D eigenvalue weighted by atomic mass is 10.6. The first kappa shape index (κ1) is 16.3. The molecule has 0 saturated carbocycles. The van der Waals surface area contributed by atoms with E-state index in [-0.39, 0.29) is 0 Å². The van der Waals surface area contributed by atoms with Crippen LogP contribution in [0.3, 0.4) is 0 Å². The van der Waals surface area contributed by atoms with E-state index in [1.54, 1.807) is 13.3 Å². The van der Waals surface area contributed by atoms with E-state index in [0.29, 0.717) is 51.4 Å². The van der Waals surface area contributed by atoms with Gasteiger partial charge < -0.3 is 18.9 Å². The van der Waals surface area contributed by atoms with Gasteiger partial charge in [-0.3, -0.25) is 5.43 Å². The summed E-state index contributed by atoms with van der Waals surface area (Å²) >= 11 is 1.47. The fraction of sp³-hybridized carbons (Fsp3) is 0.727. The number of nitrogens with two attached hydrogens (primary N) is 1. The van der Waals surface area contributed by atoms with Crippen molar-refractivity contribution in [1.82, 2.24) is 4.98 Å². The van der Waals surface area contributed by atoms with Crippen LogP contribution in [0, 0.1) is 0 Å². The van der Waals surface area contributed by atoms with Gasteiger partial charge in [0.25, 0.3) is 0 Å². The van der Waals surface area contributed by atoms with Gasteiger partial charge >= 0.3 is 0 Å². The summed E-state index contributed by atoms with van der Waals surface area (Å²) in [6, 6.07) is 0. The van der Waals surface area contributed by atoms with Crippen molar-refractivity contribution in [2.75, 3.05) is 52.2 Å². The van der Waals surface area contributed by atoms with Crippen LogP contribution in [0.1, 0.15) is 4.88 Å². The van der Waals surface area contributed by atoms with Crippen LogP contribution in [-0.4, -0.2) is 51.7 Å². The molecule has 7 nitrogen and oxygen atoms in total. The summed E-state index contributed by atoms with van der Waals surface area (Å²) in [6.45, 7) is 3.96. The number of anilines is 1. The highest BCUT2D eigenvalue weighted by Gasteiger charge is 2.00. The van der Waals surface area contributed by atoms with Gasteiger partial charge in [0.15, 0.2) is 5.13 Å². The molecule has 8 heteroatoms. The maximum Gasteiger partial charge on any atom is 0.197 e. The summed E-state index contributed by atoms with van der Waals surface area (Å²) in [5.74, 6) is 5.23. The van der Waals surface area contributed by atoms with Crippen molar-refractivity contribution in [3.8, 4) is 0 Å². The number of methoxy groups -OCH3 is 1. The SMILES string of the molecule is COCCOCCOCCOCc1cnc(NN)s1. The summed E-state index contributed by atoms with van der Waals surface area (Å²) in [6.07, 6.45) is 1.74. The van der Waals surface area contributed by atoms with Gasteiger partial charge in [0.1, 0.15) is 0 Å². The van der Waals surface area contributed by atoms with Crippen LogP contribution in [0.4, 0.5) is 5.13 Å². The van der Waals surface area contributed by atoms with Crippen LogP contribution in [0.2, 0.25) is 0 Å². The molecule has 0 bridgehead atoms. The van der Waals surface area contributed by atoms with Crippen LogP contribution in [0.5, 0.6) is 0 Å². The Hall–Kier alpha value is -0.770. The third-order valence-corrected chi connectivity index (χ3v) is 3.00. The number of hydrazine groups is 1. The zero-order chi connectivity index (χ0) is 13.8. The zero-order valence-corrected chi connectivity index (χ0v) is 11.9. The second-order valence-electron chi connectivity index (χ2n) is 3.55. The van der Waals surface area contributed by atoms with Gasteiger partial charge in [-0.2, -0.15) is 0 Å². The lowest BCUT2D eigenvalue weighted by Gasteiger charge is -2.05. The van der Waals surface area contributed by atoms with E-state index in [4.69, 9.17) is 24.8 Å². The van der Waals surface area contributed by atoms with Gasteiger partial charge in [0.2, 0.25) is 0 Å². The van der Waals surface area contributed by atoms with Crippen LogP contribution in [0.25, 0.3) is 0 Å². The minimum atomic E-state index is 0.521. The average Bonchev–Trinajstić information content (AvgIpc) is 2.89. The highest BCUT2D eigenvalue weighted by molar-refractivity contribution is 7.15. The Morgan fingerprint density at radius 2 is 1.74 bits per heavy atom. The van der Waals surface area contributed by atoms with Gasteiger partial charge in [0.05, 0.1) is 51.1 Å². The Labute approximate surface area is 117 Å². The van der Waals surface area contributed by atoms with Crippen molar-refractivity contribution in [1.29, 1.82) is 0 Å². The topological polar surface area (TPSA) is 87.9 Å². The van der Waals surface area contributed by atoms with Gasteiger partial charge in [-0.05, 0) is 0 Å². The lowest BCUT2D eigenvalue weighted by Crippen LogP contribution is -2.11. The average molecular weight is 291 g/mol. The number of nitrogens with zero attached hydrogens (tertiary/aromatic N) is 1. The predicted octanol–water partition coefficient (Wildman–Crippen LogP) is 0.625. The minimum absolute atomic E-state index is 0.521. The Kier molecular flexibility index (Phi) is 9.51. The molecule has 0 saturated heterocycles. The first-order chi connectivity index (χ1) is 9.36. The number of nitrogen functional groups attached to an aromatic ring is 1. The molecule has 0 aliphatic heterocycles. The molecule has 0 radical (unpaired) electrons. The van der Waals surface area contributed by atoms with Gasteiger partial charge in [-0.1, -0.05) is 11.3 Å². The number of hydrogen-bond donors (Lipinski definition) is 2. The summed E-state index contributed by atoms with van der Waals surface area (Å²) in [5.41, 5.74) is 2.49. The molecule has 0 unspecified atom stereocenters. The molecule has 3 N–H and O–H groups in total. The predicted molar refractivity (Wildman–Crippen MR) is 73.1 cm³/mol. The van der Waals surface area contributed by atoms with Crippen molar-refractivity contribution in [3.05, 3.63) is 11.1 Å². The molecule has 1 rings (SSSR count). The number of thiazole rings is 1. The minimum Gasteiger partial charge on any atom is -0.382 e. The van der Waals surface area contributed by atoms with Crippen molar-refractivity contribution in [3.63, 3.8) is 0 Å². The van der Waals surface area contributed by atoms with Crippen LogP contribution in [-0.2, 0) is 25.6 Å². The number of aromatic nitrogens is 1. The molecule has 0 fully saturated rings. The molecule has 0 amide bonds. The number of ether oxygens (including phenoxy) is 4. The second-order valence-corrected chi connectivity index (χ2v) is 4.66. The molecular weight excluding hydrogens is 270 g/mol. The third-order valence-electron chi connectivity index (χ3n) is 2.10. The summed E-state index contributed by atoms with van der Waals surface area (Å²) < 4.78 is 20.9. The highest BCUT2D eigenvalue weighted by Crippen LogP contribution is 2.17. The second kappa shape index (κ2) is 11.1. The smallest absolute Gasteiger partial charge is 0.197 e. The summed E-state index contributed by atoms with van der Waals surface area (Å²) in [4.78, 5) is 5.07. The maximum absolute atomic E-state index is 5.44. The molecule has 1 aromatic heterocycles. The molecule has 0 spiro atoms. The van der Waals surface area contributed by atoms with E-state index in [1.165, 1.54) is 11.3 Å². The Morgan fingerprint density at radius 3 is 2.32 bits per heavy atom. The molecule has 0 atom stereocenters. The molecule has 0 aliphatic carbocycles. The van der Waals surface area contributed by atoms with E-state index in [2.05, 4.69) is 10.4 Å². The third kappa shape index (κ3) is 8.09. The van der Waals surface area contributed by atoms with Gasteiger partial charge in [0, 0.05) is 13.3 Å². The Morgan fingerprint density at radius 1 is 1.11 bits per heavy atom. The Bertz CT molecular complexity index is 325. The van der Waals surface area contributed by atoms with Crippen LogP contribution in [0.15, 0.2) is 6.20 Å². The molecule has 1 heterocycles. The number of rotatable bonds is 12. The first-order valence-electron chi connectivity index (χ1n) is 6.00. The lowest BCUT2D eigenvalue weighted by molar-refractivity contribution is 0.00118. The van der Waals surface area contributed by atoms with Crippen molar-refractivity contribution in [2.24, 2.45) is 5.84 Å². The van der Waals surface area contributed by atoms with E-state index >= 15 is 0 Å². The molecule has 19 heavy (non-hydrogen) atoms. The van der Waals surface area contributed by atoms with Crippen molar-refractivity contribution in [2.45, 2.75) is 6.61 Å². The molecular formula is C11H21N3O4S. The monoisotopic (exact) mass is 291 g/mol. The highest BCUT2D eigenvalue weighted by atomic mass is 32.1. The summed E-state index contributed by atoms with van der Waals surface area (Å²) in [7, 11) is 1.65.